The second kappa shape index (κ2) is 17.0. The lowest BCUT2D eigenvalue weighted by Crippen LogP contribution is -2.55. The number of carbonyl (C=O) groups is 3. The molecule has 0 bridgehead atoms. The molecule has 6 N–H and O–H groups in total. The van der Waals surface area contributed by atoms with E-state index < -0.39 is 56.2 Å². The van der Waals surface area contributed by atoms with Crippen molar-refractivity contribution in [1.82, 2.24) is 15.5 Å². The molecule has 1 unspecified atom stereocenters. The zero-order valence-electron chi connectivity index (χ0n) is 27.0. The van der Waals surface area contributed by atoms with E-state index in [-0.39, 0.29) is 38.3 Å². The fraction of sp³-hybridized carbons (Fsp3) is 0.531. The van der Waals surface area contributed by atoms with Gasteiger partial charge in [-0.2, -0.15) is 0 Å². The summed E-state index contributed by atoms with van der Waals surface area (Å²) in [6.07, 6.45) is -5.35. The highest BCUT2D eigenvalue weighted by atomic mass is 28.3. The zero-order valence-corrected chi connectivity index (χ0v) is 28.0. The summed E-state index contributed by atoms with van der Waals surface area (Å²) < 4.78 is 10.9. The van der Waals surface area contributed by atoms with Gasteiger partial charge in [0.25, 0.3) is 0 Å². The summed E-state index contributed by atoms with van der Waals surface area (Å²) in [4.78, 5) is 38.8. The van der Waals surface area contributed by atoms with Crippen LogP contribution in [0.3, 0.4) is 0 Å². The Morgan fingerprint density at radius 3 is 1.84 bits per heavy atom. The maximum atomic E-state index is 13.4. The van der Waals surface area contributed by atoms with Crippen LogP contribution in [0.15, 0.2) is 54.6 Å². The molecule has 12 nitrogen and oxygen atoms in total. The molecular formula is C32H49N3O9Si. The van der Waals surface area contributed by atoms with E-state index in [1.165, 1.54) is 12.1 Å². The third kappa shape index (κ3) is 15.2. The first-order valence-electron chi connectivity index (χ1n) is 15.0. The lowest BCUT2D eigenvalue weighted by atomic mass is 9.99. The van der Waals surface area contributed by atoms with E-state index in [4.69, 9.17) is 9.47 Å². The normalized spacial score (nSPS) is 14.4. The highest BCUT2D eigenvalue weighted by molar-refractivity contribution is 6.76. The van der Waals surface area contributed by atoms with Crippen molar-refractivity contribution in [1.29, 1.82) is 0 Å². The lowest BCUT2D eigenvalue weighted by Gasteiger charge is -2.33. The second-order valence-electron chi connectivity index (χ2n) is 13.3. The minimum Gasteiger partial charge on any atom is -0.508 e. The molecule has 250 valence electrons. The van der Waals surface area contributed by atoms with Crippen LogP contribution in [0.1, 0.15) is 31.9 Å². The predicted octanol–water partition coefficient (Wildman–Crippen LogP) is 4.21. The number of hydrogen-bond acceptors (Lipinski definition) is 8. The third-order valence-electron chi connectivity index (χ3n) is 6.78. The summed E-state index contributed by atoms with van der Waals surface area (Å²) in [6.45, 7) is 10.9. The number of phenols is 1. The van der Waals surface area contributed by atoms with Gasteiger partial charge in [-0.05, 0) is 62.9 Å². The molecule has 0 fully saturated rings. The SMILES string of the molecule is CC(C)(C)OC(=O)N[C@@H](Cc1ccc(O)cc1)C(O)CN(C[C@@H](O)[C@H](Cc1ccccc1)NC(=O)O)C(=O)OCC[Si](C)(C)C. The van der Waals surface area contributed by atoms with Crippen molar-refractivity contribution in [2.45, 2.75) is 89.2 Å². The minimum absolute atomic E-state index is 0.0530. The molecule has 13 heteroatoms. The van der Waals surface area contributed by atoms with Crippen LogP contribution >= 0.6 is 0 Å². The molecule has 0 saturated carbocycles. The Morgan fingerprint density at radius 2 is 1.36 bits per heavy atom. The van der Waals surface area contributed by atoms with E-state index in [1.807, 2.05) is 6.07 Å². The number of aliphatic hydroxyl groups excluding tert-OH is 2. The summed E-state index contributed by atoms with van der Waals surface area (Å²) in [5, 5.41) is 46.8. The van der Waals surface area contributed by atoms with E-state index in [1.54, 1.807) is 57.2 Å². The smallest absolute Gasteiger partial charge is 0.409 e. The molecule has 0 aliphatic heterocycles. The van der Waals surface area contributed by atoms with Crippen molar-refractivity contribution < 1.29 is 44.3 Å². The van der Waals surface area contributed by atoms with Crippen LogP contribution in [-0.4, -0.2) is 101 Å². The van der Waals surface area contributed by atoms with Crippen LogP contribution in [0.2, 0.25) is 25.7 Å². The lowest BCUT2D eigenvalue weighted by molar-refractivity contribution is 0.0222. The summed E-state index contributed by atoms with van der Waals surface area (Å²) in [7, 11) is -1.55. The maximum Gasteiger partial charge on any atom is 0.409 e. The summed E-state index contributed by atoms with van der Waals surface area (Å²) in [5.74, 6) is 0.0530. The summed E-state index contributed by atoms with van der Waals surface area (Å²) >= 11 is 0. The Balaban J connectivity index is 2.33. The standard InChI is InChI=1S/C32H49N3O9Si/c1-32(2,3)44-30(41)34-26(19-23-12-14-24(36)15-13-23)28(38)21-35(31(42)43-16-17-45(4,5)6)20-27(37)25(33-29(39)40)18-22-10-8-7-9-11-22/h7-15,25-28,33,36-38H,16-21H2,1-6H3,(H,34,41)(H,39,40)/t25-,26-,27+,28?/m0/s1. The van der Waals surface area contributed by atoms with Gasteiger partial charge in [0, 0.05) is 8.07 Å². The zero-order chi connectivity index (χ0) is 33.8. The number of nitrogens with zero attached hydrogens (tertiary/aromatic N) is 1. The van der Waals surface area contributed by atoms with Crippen molar-refractivity contribution in [2.75, 3.05) is 19.7 Å². The molecule has 2 rings (SSSR count). The van der Waals surface area contributed by atoms with E-state index in [9.17, 15) is 34.8 Å². The Morgan fingerprint density at radius 1 is 0.844 bits per heavy atom. The van der Waals surface area contributed by atoms with Gasteiger partial charge in [0.1, 0.15) is 11.4 Å². The highest BCUT2D eigenvalue weighted by Gasteiger charge is 2.32. The largest absolute Gasteiger partial charge is 0.508 e. The molecule has 4 atom stereocenters. The Bertz CT molecular complexity index is 1220. The Kier molecular flexibility index (Phi) is 14.1. The Labute approximate surface area is 266 Å². The number of aliphatic hydroxyl groups is 2. The number of hydrogen-bond donors (Lipinski definition) is 6. The fourth-order valence-corrected chi connectivity index (χ4v) is 5.12. The quantitative estimate of drug-likeness (QED) is 0.155. The van der Waals surface area contributed by atoms with Gasteiger partial charge in [-0.15, -0.1) is 0 Å². The number of carboxylic acid groups (broad SMARTS) is 1. The molecular weight excluding hydrogens is 598 g/mol. The van der Waals surface area contributed by atoms with E-state index in [0.717, 1.165) is 10.5 Å². The molecule has 0 aliphatic carbocycles. The number of nitrogens with one attached hydrogen (secondary N) is 2. The molecule has 45 heavy (non-hydrogen) atoms. The number of amides is 3. The molecule has 0 heterocycles. The predicted molar refractivity (Wildman–Crippen MR) is 173 cm³/mol. The number of benzene rings is 2. The first kappa shape index (κ1) is 37.4. The van der Waals surface area contributed by atoms with Crippen molar-refractivity contribution in [2.24, 2.45) is 0 Å². The average molecular weight is 648 g/mol. The van der Waals surface area contributed by atoms with Gasteiger partial charge < -0.3 is 45.4 Å². The first-order valence-corrected chi connectivity index (χ1v) is 18.7. The van der Waals surface area contributed by atoms with Gasteiger partial charge in [0.15, 0.2) is 0 Å². The molecule has 0 aliphatic rings. The molecule has 0 saturated heterocycles. The Hall–Kier alpha value is -3.81. The van der Waals surface area contributed by atoms with Gasteiger partial charge in [-0.1, -0.05) is 62.1 Å². The molecule has 2 aromatic carbocycles. The van der Waals surface area contributed by atoms with E-state index >= 15 is 0 Å². The van der Waals surface area contributed by atoms with Crippen molar-refractivity contribution >= 4 is 26.4 Å². The summed E-state index contributed by atoms with van der Waals surface area (Å²) in [6, 6.07) is 14.0. The van der Waals surface area contributed by atoms with Gasteiger partial charge >= 0.3 is 18.3 Å². The van der Waals surface area contributed by atoms with Crippen LogP contribution < -0.4 is 10.6 Å². The maximum absolute atomic E-state index is 13.4. The van der Waals surface area contributed by atoms with Crippen molar-refractivity contribution in [3.63, 3.8) is 0 Å². The number of phenolic OH excluding ortho intramolecular Hbond substituents is 1. The van der Waals surface area contributed by atoms with Crippen molar-refractivity contribution in [3.05, 3.63) is 65.7 Å². The summed E-state index contributed by atoms with van der Waals surface area (Å²) in [5.41, 5.74) is 0.653. The van der Waals surface area contributed by atoms with Crippen LogP contribution in [0, 0.1) is 0 Å². The average Bonchev–Trinajstić information content (AvgIpc) is 2.91. The molecule has 2 aromatic rings. The van der Waals surface area contributed by atoms with Crippen LogP contribution in [-0.2, 0) is 22.3 Å². The van der Waals surface area contributed by atoms with E-state index in [0.29, 0.717) is 11.6 Å². The van der Waals surface area contributed by atoms with Crippen molar-refractivity contribution in [3.8, 4) is 5.75 Å². The van der Waals surface area contributed by atoms with Gasteiger partial charge in [0.2, 0.25) is 0 Å². The van der Waals surface area contributed by atoms with Crippen LogP contribution in [0.25, 0.3) is 0 Å². The molecule has 3 amide bonds. The number of ether oxygens (including phenoxy) is 2. The molecule has 0 spiro atoms. The topological polar surface area (TPSA) is 178 Å². The third-order valence-corrected chi connectivity index (χ3v) is 8.49. The number of alkyl carbamates (subject to hydrolysis) is 1. The van der Waals surface area contributed by atoms with Crippen LogP contribution in [0.4, 0.5) is 14.4 Å². The first-order chi connectivity index (χ1) is 20.9. The monoisotopic (exact) mass is 647 g/mol. The number of aromatic hydroxyl groups is 1. The fourth-order valence-electron chi connectivity index (χ4n) is 4.40. The van der Waals surface area contributed by atoms with Gasteiger partial charge in [0.05, 0.1) is 44.0 Å². The number of carbonyl (C=O) groups excluding carboxylic acids is 2. The van der Waals surface area contributed by atoms with Gasteiger partial charge in [-0.25, -0.2) is 14.4 Å². The minimum atomic E-state index is -1.55. The van der Waals surface area contributed by atoms with Gasteiger partial charge in [-0.3, -0.25) is 0 Å². The highest BCUT2D eigenvalue weighted by Crippen LogP contribution is 2.16. The molecule has 0 radical (unpaired) electrons. The second-order valence-corrected chi connectivity index (χ2v) is 19.0. The van der Waals surface area contributed by atoms with Crippen LogP contribution in [0.5, 0.6) is 5.75 Å². The van der Waals surface area contributed by atoms with E-state index in [2.05, 4.69) is 30.3 Å². The number of rotatable bonds is 15. The molecule has 0 aromatic heterocycles.